The molecule has 1 aromatic heterocycles. The number of aromatic amines is 1. The lowest BCUT2D eigenvalue weighted by molar-refractivity contribution is 0.209. The van der Waals surface area contributed by atoms with E-state index < -0.39 is 17.7 Å². The Morgan fingerprint density at radius 3 is 2.50 bits per heavy atom. The number of fused-ring (bicyclic) bond motifs is 1. The van der Waals surface area contributed by atoms with Gasteiger partial charge < -0.3 is 19.9 Å². The number of aromatic nitrogens is 1. The van der Waals surface area contributed by atoms with Crippen molar-refractivity contribution in [1.82, 2.24) is 9.88 Å². The number of benzene rings is 4. The topological polar surface area (TPSA) is 57.4 Å². The van der Waals surface area contributed by atoms with Gasteiger partial charge in [-0.05, 0) is 53.4 Å². The second kappa shape index (κ2) is 11.6. The number of carbonyl (C=O) groups is 1. The number of para-hydroxylation sites is 1. The number of carbonyl (C=O) groups excluding carboxylic acids is 1. The van der Waals surface area contributed by atoms with Gasteiger partial charge in [-0.3, -0.25) is 0 Å². The third kappa shape index (κ3) is 6.18. The van der Waals surface area contributed by atoms with Gasteiger partial charge in [0.15, 0.2) is 0 Å². The van der Waals surface area contributed by atoms with E-state index in [2.05, 4.69) is 10.3 Å². The molecule has 0 saturated carbocycles. The van der Waals surface area contributed by atoms with E-state index in [0.717, 1.165) is 39.7 Å². The van der Waals surface area contributed by atoms with E-state index in [1.807, 2.05) is 85.1 Å². The van der Waals surface area contributed by atoms with Crippen molar-refractivity contribution in [3.63, 3.8) is 0 Å². The van der Waals surface area contributed by atoms with Gasteiger partial charge in [0, 0.05) is 36.3 Å². The number of nitrogens with zero attached hydrogens (tertiary/aromatic N) is 1. The third-order valence-electron chi connectivity index (χ3n) is 6.31. The Bertz CT molecular complexity index is 1540. The van der Waals surface area contributed by atoms with E-state index >= 15 is 0 Å². The van der Waals surface area contributed by atoms with Crippen molar-refractivity contribution in [2.75, 3.05) is 11.9 Å². The fourth-order valence-electron chi connectivity index (χ4n) is 4.33. The molecule has 0 aliphatic heterocycles. The highest BCUT2D eigenvalue weighted by Gasteiger charge is 2.18. The molecule has 0 spiro atoms. The zero-order valence-electron chi connectivity index (χ0n) is 20.7. The second-order valence-electron chi connectivity index (χ2n) is 9.01. The highest BCUT2D eigenvalue weighted by molar-refractivity contribution is 5.89. The van der Waals surface area contributed by atoms with Crippen LogP contribution >= 0.6 is 0 Å². The molecule has 2 N–H and O–H groups in total. The maximum atomic E-state index is 14.3. The summed E-state index contributed by atoms with van der Waals surface area (Å²) in [5, 5.41) is 3.68. The van der Waals surface area contributed by atoms with E-state index in [1.165, 1.54) is 6.07 Å². The van der Waals surface area contributed by atoms with Gasteiger partial charge >= 0.3 is 6.03 Å². The summed E-state index contributed by atoms with van der Waals surface area (Å²) in [5.74, 6) is -0.844. The number of nitrogens with one attached hydrogen (secondary N) is 2. The van der Waals surface area contributed by atoms with E-state index in [4.69, 9.17) is 4.74 Å². The Hall–Kier alpha value is -4.65. The van der Waals surface area contributed by atoms with Crippen LogP contribution in [0.2, 0.25) is 0 Å². The molecule has 0 saturated heterocycles. The van der Waals surface area contributed by atoms with Gasteiger partial charge in [-0.25, -0.2) is 13.6 Å². The Morgan fingerprint density at radius 2 is 1.66 bits per heavy atom. The van der Waals surface area contributed by atoms with Crippen LogP contribution in [0.25, 0.3) is 10.9 Å². The highest BCUT2D eigenvalue weighted by atomic mass is 19.1. The first-order valence-electron chi connectivity index (χ1n) is 12.4. The third-order valence-corrected chi connectivity index (χ3v) is 6.31. The van der Waals surface area contributed by atoms with Gasteiger partial charge in [-0.2, -0.15) is 0 Å². The van der Waals surface area contributed by atoms with Crippen molar-refractivity contribution in [2.45, 2.75) is 19.6 Å². The summed E-state index contributed by atoms with van der Waals surface area (Å²) in [5.41, 5.74) is 3.94. The lowest BCUT2D eigenvalue weighted by atomic mass is 10.1. The number of hydrogen-bond acceptors (Lipinski definition) is 2. The van der Waals surface area contributed by atoms with Crippen molar-refractivity contribution in [3.05, 3.63) is 132 Å². The minimum absolute atomic E-state index is 0.0755. The first kappa shape index (κ1) is 25.0. The number of H-pyrrole nitrogens is 1. The molecule has 5 aromatic rings. The molecule has 7 heteroatoms. The van der Waals surface area contributed by atoms with Crippen molar-refractivity contribution in [3.8, 4) is 5.75 Å². The summed E-state index contributed by atoms with van der Waals surface area (Å²) >= 11 is 0. The van der Waals surface area contributed by atoms with E-state index in [-0.39, 0.29) is 12.2 Å². The lowest BCUT2D eigenvalue weighted by Crippen LogP contribution is -2.36. The smallest absolute Gasteiger partial charge is 0.322 e. The molecule has 0 atom stereocenters. The van der Waals surface area contributed by atoms with Crippen LogP contribution in [0, 0.1) is 11.6 Å². The van der Waals surface area contributed by atoms with Crippen molar-refractivity contribution in [2.24, 2.45) is 0 Å². The summed E-state index contributed by atoms with van der Waals surface area (Å²) < 4.78 is 33.6. The van der Waals surface area contributed by atoms with Crippen LogP contribution in [0.4, 0.5) is 19.3 Å². The van der Waals surface area contributed by atoms with E-state index in [1.54, 1.807) is 4.90 Å². The largest absolute Gasteiger partial charge is 0.489 e. The zero-order chi connectivity index (χ0) is 26.3. The fourth-order valence-corrected chi connectivity index (χ4v) is 4.33. The fraction of sp³-hybridized carbons (Fsp3) is 0.129. The van der Waals surface area contributed by atoms with Crippen LogP contribution in [-0.4, -0.2) is 22.5 Å². The molecule has 0 fully saturated rings. The average Bonchev–Trinajstić information content (AvgIpc) is 3.35. The molecule has 5 rings (SSSR count). The van der Waals surface area contributed by atoms with Crippen LogP contribution in [0.3, 0.4) is 0 Å². The number of urea groups is 1. The van der Waals surface area contributed by atoms with Gasteiger partial charge in [0.1, 0.15) is 24.0 Å². The molecule has 4 aromatic carbocycles. The lowest BCUT2D eigenvalue weighted by Gasteiger charge is -2.24. The summed E-state index contributed by atoms with van der Waals surface area (Å²) in [6, 6.07) is 28.0. The minimum atomic E-state index is -0.828. The number of anilines is 1. The molecule has 0 aliphatic rings. The number of amides is 2. The standard InChI is InChI=1S/C31H27F2N3O2/c32-25-13-14-30(28(33)18-25)35-31(37)36(16-15-24-19-34-29-12-5-4-11-27(24)29)20-23-9-6-10-26(17-23)38-21-22-7-2-1-3-8-22/h1-14,17-19,34H,15-16,20-21H2,(H,35,37). The highest BCUT2D eigenvalue weighted by Crippen LogP contribution is 2.22. The van der Waals surface area contributed by atoms with Crippen molar-refractivity contribution >= 4 is 22.6 Å². The summed E-state index contributed by atoms with van der Waals surface area (Å²) in [6.07, 6.45) is 2.53. The second-order valence-corrected chi connectivity index (χ2v) is 9.01. The van der Waals surface area contributed by atoms with Crippen molar-refractivity contribution < 1.29 is 18.3 Å². The maximum absolute atomic E-state index is 14.3. The Balaban J connectivity index is 1.33. The predicted octanol–water partition coefficient (Wildman–Crippen LogP) is 7.30. The Labute approximate surface area is 219 Å². The van der Waals surface area contributed by atoms with E-state index in [9.17, 15) is 13.6 Å². The molecule has 5 nitrogen and oxygen atoms in total. The molecule has 2 amide bonds. The Kier molecular flexibility index (Phi) is 7.64. The van der Waals surface area contributed by atoms with E-state index in [0.29, 0.717) is 25.3 Å². The first-order chi connectivity index (χ1) is 18.5. The van der Waals surface area contributed by atoms with Gasteiger partial charge in [-0.1, -0.05) is 60.7 Å². The molecule has 192 valence electrons. The molecular formula is C31H27F2N3O2. The molecule has 1 heterocycles. The summed E-state index contributed by atoms with van der Waals surface area (Å²) in [4.78, 5) is 18.2. The van der Waals surface area contributed by atoms with Gasteiger partial charge in [0.25, 0.3) is 0 Å². The molecule has 38 heavy (non-hydrogen) atoms. The van der Waals surface area contributed by atoms with Crippen LogP contribution in [0.1, 0.15) is 16.7 Å². The predicted molar refractivity (Wildman–Crippen MR) is 145 cm³/mol. The van der Waals surface area contributed by atoms with Crippen molar-refractivity contribution in [1.29, 1.82) is 0 Å². The number of ether oxygens (including phenoxy) is 1. The SMILES string of the molecule is O=C(Nc1ccc(F)cc1F)N(CCc1c[nH]c2ccccc12)Cc1cccc(OCc2ccccc2)c1. The summed E-state index contributed by atoms with van der Waals surface area (Å²) in [6.45, 7) is 1.09. The van der Waals surface area contributed by atoms with Crippen LogP contribution in [-0.2, 0) is 19.6 Å². The zero-order valence-corrected chi connectivity index (χ0v) is 20.7. The molecule has 0 unspecified atom stereocenters. The maximum Gasteiger partial charge on any atom is 0.322 e. The summed E-state index contributed by atoms with van der Waals surface area (Å²) in [7, 11) is 0. The Morgan fingerprint density at radius 1 is 0.868 bits per heavy atom. The molecule has 0 radical (unpaired) electrons. The van der Waals surface area contributed by atoms with Gasteiger partial charge in [-0.15, -0.1) is 0 Å². The van der Waals surface area contributed by atoms with Gasteiger partial charge in [0.05, 0.1) is 5.69 Å². The van der Waals surface area contributed by atoms with Crippen LogP contribution in [0.5, 0.6) is 5.75 Å². The number of halogens is 2. The number of hydrogen-bond donors (Lipinski definition) is 2. The molecule has 0 bridgehead atoms. The minimum Gasteiger partial charge on any atom is -0.489 e. The normalized spacial score (nSPS) is 10.9. The van der Waals surface area contributed by atoms with Crippen LogP contribution in [0.15, 0.2) is 103 Å². The molecule has 0 aliphatic carbocycles. The van der Waals surface area contributed by atoms with Gasteiger partial charge in [0.2, 0.25) is 0 Å². The van der Waals surface area contributed by atoms with Crippen LogP contribution < -0.4 is 10.1 Å². The monoisotopic (exact) mass is 511 g/mol. The quantitative estimate of drug-likeness (QED) is 0.218. The first-order valence-corrected chi connectivity index (χ1v) is 12.4. The number of rotatable bonds is 9. The molecular weight excluding hydrogens is 484 g/mol. The average molecular weight is 512 g/mol.